The van der Waals surface area contributed by atoms with Crippen LogP contribution in [0.2, 0.25) is 0 Å². The van der Waals surface area contributed by atoms with Crippen molar-refractivity contribution in [3.8, 4) is 0 Å². The molecule has 1 heterocycles. The zero-order valence-corrected chi connectivity index (χ0v) is 14.0. The van der Waals surface area contributed by atoms with Gasteiger partial charge < -0.3 is 15.2 Å². The van der Waals surface area contributed by atoms with Crippen LogP contribution < -0.4 is 5.32 Å². The highest BCUT2D eigenvalue weighted by Gasteiger charge is 2.42. The summed E-state index contributed by atoms with van der Waals surface area (Å²) in [5, 5.41) is 12.0. The van der Waals surface area contributed by atoms with Crippen LogP contribution in [-0.2, 0) is 14.3 Å². The molecule has 21 heavy (non-hydrogen) atoms. The van der Waals surface area contributed by atoms with Gasteiger partial charge in [0.2, 0.25) is 5.91 Å². The van der Waals surface area contributed by atoms with Crippen molar-refractivity contribution in [1.29, 1.82) is 0 Å². The van der Waals surface area contributed by atoms with E-state index in [2.05, 4.69) is 5.32 Å². The molecule has 1 amide bonds. The Morgan fingerprint density at radius 1 is 1.19 bits per heavy atom. The second-order valence-electron chi connectivity index (χ2n) is 7.50. The van der Waals surface area contributed by atoms with Gasteiger partial charge in [0.15, 0.2) is 0 Å². The quantitative estimate of drug-likeness (QED) is 0.817. The fourth-order valence-electron chi connectivity index (χ4n) is 3.14. The second kappa shape index (κ2) is 6.77. The van der Waals surface area contributed by atoms with Crippen LogP contribution >= 0.6 is 0 Å². The zero-order valence-electron chi connectivity index (χ0n) is 14.0. The van der Waals surface area contributed by atoms with E-state index in [9.17, 15) is 9.59 Å². The molecule has 1 fully saturated rings. The van der Waals surface area contributed by atoms with Crippen LogP contribution in [0.25, 0.3) is 0 Å². The van der Waals surface area contributed by atoms with Crippen molar-refractivity contribution in [2.45, 2.75) is 72.6 Å². The highest BCUT2D eigenvalue weighted by atomic mass is 16.5. The van der Waals surface area contributed by atoms with Gasteiger partial charge in [-0.15, -0.1) is 0 Å². The maximum absolute atomic E-state index is 12.5. The minimum Gasteiger partial charge on any atom is -0.481 e. The third-order valence-corrected chi connectivity index (χ3v) is 4.17. The summed E-state index contributed by atoms with van der Waals surface area (Å²) in [6.45, 7) is 12.0. The Labute approximate surface area is 127 Å². The van der Waals surface area contributed by atoms with Crippen molar-refractivity contribution < 1.29 is 19.4 Å². The number of amides is 1. The van der Waals surface area contributed by atoms with E-state index in [4.69, 9.17) is 9.84 Å². The molecule has 5 nitrogen and oxygen atoms in total. The summed E-state index contributed by atoms with van der Waals surface area (Å²) in [5.41, 5.74) is -0.0376. The van der Waals surface area contributed by atoms with Gasteiger partial charge in [-0.25, -0.2) is 0 Å². The molecule has 0 aromatic rings. The number of hydrogen-bond donors (Lipinski definition) is 2. The molecular formula is C16H29NO4. The fourth-order valence-corrected chi connectivity index (χ4v) is 3.14. The van der Waals surface area contributed by atoms with E-state index in [1.54, 1.807) is 0 Å². The largest absolute Gasteiger partial charge is 0.481 e. The van der Waals surface area contributed by atoms with Crippen LogP contribution in [0.3, 0.4) is 0 Å². The van der Waals surface area contributed by atoms with Gasteiger partial charge in [-0.1, -0.05) is 27.7 Å². The van der Waals surface area contributed by atoms with E-state index < -0.39 is 5.97 Å². The first-order chi connectivity index (χ1) is 9.51. The van der Waals surface area contributed by atoms with E-state index in [1.807, 2.05) is 41.5 Å². The van der Waals surface area contributed by atoms with Gasteiger partial charge in [0.05, 0.1) is 24.5 Å². The summed E-state index contributed by atoms with van der Waals surface area (Å²) < 4.78 is 5.69. The molecule has 122 valence electrons. The Hall–Kier alpha value is -1.10. The number of carbonyl (C=O) groups is 2. The number of carboxylic acid groups (broad SMARTS) is 1. The summed E-state index contributed by atoms with van der Waals surface area (Å²) in [7, 11) is 0. The van der Waals surface area contributed by atoms with Gasteiger partial charge in [-0.05, 0) is 31.6 Å². The average molecular weight is 299 g/mol. The molecule has 1 aliphatic rings. The number of carbonyl (C=O) groups excluding carboxylic acids is 1. The summed E-state index contributed by atoms with van der Waals surface area (Å²) in [4.78, 5) is 23.5. The Balaban J connectivity index is 2.73. The first-order valence-corrected chi connectivity index (χ1v) is 7.69. The molecule has 0 saturated carbocycles. The lowest BCUT2D eigenvalue weighted by Gasteiger charge is -2.28. The molecule has 0 aromatic heterocycles. The Kier molecular flexibility index (Phi) is 5.79. The Bertz CT molecular complexity index is 388. The molecule has 0 spiro atoms. The van der Waals surface area contributed by atoms with E-state index in [0.717, 1.165) is 0 Å². The highest BCUT2D eigenvalue weighted by Crippen LogP contribution is 2.32. The van der Waals surface area contributed by atoms with Crippen molar-refractivity contribution in [3.63, 3.8) is 0 Å². The molecule has 2 N–H and O–H groups in total. The van der Waals surface area contributed by atoms with Crippen molar-refractivity contribution in [2.24, 2.45) is 17.3 Å². The van der Waals surface area contributed by atoms with Crippen molar-refractivity contribution >= 4 is 11.9 Å². The summed E-state index contributed by atoms with van der Waals surface area (Å²) in [6, 6.07) is -0.342. The van der Waals surface area contributed by atoms with Crippen LogP contribution in [0.1, 0.15) is 54.4 Å². The third-order valence-electron chi connectivity index (χ3n) is 4.17. The summed E-state index contributed by atoms with van der Waals surface area (Å²) in [6.07, 6.45) is 0.512. The number of hydrogen-bond acceptors (Lipinski definition) is 3. The number of aliphatic carboxylic acids is 1. The number of ether oxygens (including phenoxy) is 1. The minimum atomic E-state index is -0.887. The van der Waals surface area contributed by atoms with Crippen molar-refractivity contribution in [1.82, 2.24) is 5.32 Å². The normalized spacial score (nSPS) is 31.0. The van der Waals surface area contributed by atoms with Crippen LogP contribution in [0.15, 0.2) is 0 Å². The highest BCUT2D eigenvalue weighted by molar-refractivity contribution is 5.81. The Morgan fingerprint density at radius 3 is 2.14 bits per heavy atom. The Morgan fingerprint density at radius 2 is 1.76 bits per heavy atom. The maximum atomic E-state index is 12.5. The lowest BCUT2D eigenvalue weighted by atomic mass is 9.85. The monoisotopic (exact) mass is 299 g/mol. The van der Waals surface area contributed by atoms with E-state index >= 15 is 0 Å². The zero-order chi connectivity index (χ0) is 16.4. The van der Waals surface area contributed by atoms with Crippen LogP contribution in [0.4, 0.5) is 0 Å². The summed E-state index contributed by atoms with van der Waals surface area (Å²) >= 11 is 0. The first-order valence-electron chi connectivity index (χ1n) is 7.69. The second-order valence-corrected chi connectivity index (χ2v) is 7.50. The van der Waals surface area contributed by atoms with Gasteiger partial charge in [0.25, 0.3) is 0 Å². The van der Waals surface area contributed by atoms with Gasteiger partial charge in [-0.3, -0.25) is 9.59 Å². The molecule has 0 radical (unpaired) electrons. The smallest absolute Gasteiger partial charge is 0.305 e. The molecule has 1 saturated heterocycles. The molecule has 1 rings (SSSR count). The number of carboxylic acids is 1. The predicted molar refractivity (Wildman–Crippen MR) is 80.9 cm³/mol. The molecule has 0 bridgehead atoms. The van der Waals surface area contributed by atoms with Gasteiger partial charge in [-0.2, -0.15) is 0 Å². The molecule has 5 atom stereocenters. The van der Waals surface area contributed by atoms with Gasteiger partial charge in [0, 0.05) is 6.04 Å². The van der Waals surface area contributed by atoms with Crippen LogP contribution in [-0.4, -0.2) is 35.2 Å². The molecule has 1 aliphatic heterocycles. The minimum absolute atomic E-state index is 0.0376. The van der Waals surface area contributed by atoms with E-state index in [0.29, 0.717) is 6.42 Å². The molecule has 0 aliphatic carbocycles. The first kappa shape index (κ1) is 18.0. The molecule has 5 unspecified atom stereocenters. The number of nitrogens with one attached hydrogen (secondary N) is 1. The van der Waals surface area contributed by atoms with Gasteiger partial charge in [0.1, 0.15) is 0 Å². The standard InChI is InChI=1S/C16H29NO4/c1-9-10(2)21-11(3)14(9)15(20)17-12(7-13(18)19)8-16(4,5)6/h9-12,14H,7-8H2,1-6H3,(H,17,20)(H,18,19). The average Bonchev–Trinajstić information content (AvgIpc) is 2.49. The maximum Gasteiger partial charge on any atom is 0.305 e. The number of rotatable bonds is 5. The lowest BCUT2D eigenvalue weighted by Crippen LogP contribution is -2.45. The SMILES string of the molecule is CC1OC(C)C(C(=O)NC(CC(=O)O)CC(C)(C)C)C1C. The lowest BCUT2D eigenvalue weighted by molar-refractivity contribution is -0.138. The topological polar surface area (TPSA) is 75.6 Å². The van der Waals surface area contributed by atoms with Crippen LogP contribution in [0.5, 0.6) is 0 Å². The van der Waals surface area contributed by atoms with Crippen LogP contribution in [0, 0.1) is 17.3 Å². The van der Waals surface area contributed by atoms with Gasteiger partial charge >= 0.3 is 5.97 Å². The summed E-state index contributed by atoms with van der Waals surface area (Å²) in [5.74, 6) is -1.05. The van der Waals surface area contributed by atoms with E-state index in [1.165, 1.54) is 0 Å². The van der Waals surface area contributed by atoms with Crippen molar-refractivity contribution in [2.75, 3.05) is 0 Å². The fraction of sp³-hybridized carbons (Fsp3) is 0.875. The molecular weight excluding hydrogens is 270 g/mol. The molecule has 0 aromatic carbocycles. The predicted octanol–water partition coefficient (Wildman–Crippen LogP) is 2.44. The van der Waals surface area contributed by atoms with E-state index in [-0.39, 0.29) is 47.8 Å². The molecule has 5 heteroatoms. The third kappa shape index (κ3) is 5.30. The van der Waals surface area contributed by atoms with Crippen molar-refractivity contribution in [3.05, 3.63) is 0 Å².